The average molecular weight is 422 g/mol. The summed E-state index contributed by atoms with van der Waals surface area (Å²) in [6.45, 7) is 5.11. The minimum atomic E-state index is -0.847. The van der Waals surface area contributed by atoms with Crippen LogP contribution in [0.3, 0.4) is 0 Å². The first-order valence-electron chi connectivity index (χ1n) is 12.1. The molecule has 1 saturated heterocycles. The third kappa shape index (κ3) is 2.00. The fourth-order valence-corrected chi connectivity index (χ4v) is 10.7. The molecule has 0 aromatic heterocycles. The smallest absolute Gasteiger partial charge is 0.0771 e. The van der Waals surface area contributed by atoms with Gasteiger partial charge in [-0.1, -0.05) is 6.92 Å². The van der Waals surface area contributed by atoms with Crippen LogP contribution < -0.4 is 0 Å². The maximum atomic E-state index is 12.4. The van der Waals surface area contributed by atoms with Gasteiger partial charge >= 0.3 is 0 Å². The van der Waals surface area contributed by atoms with Crippen LogP contribution in [0.1, 0.15) is 39.0 Å². The van der Waals surface area contributed by atoms with Gasteiger partial charge in [-0.3, -0.25) is 4.90 Å². The molecule has 7 bridgehead atoms. The predicted octanol–water partition coefficient (Wildman–Crippen LogP) is 1.53. The van der Waals surface area contributed by atoms with Crippen molar-refractivity contribution in [3.8, 4) is 0 Å². The van der Waals surface area contributed by atoms with Crippen molar-refractivity contribution < 1.29 is 24.4 Å². The van der Waals surface area contributed by atoms with Crippen LogP contribution in [0, 0.1) is 40.4 Å². The number of hydrogen-bond acceptors (Lipinski definition) is 6. The molecule has 2 N–H and O–H groups in total. The van der Waals surface area contributed by atoms with Crippen molar-refractivity contribution in [2.24, 2.45) is 40.4 Å². The van der Waals surface area contributed by atoms with E-state index in [1.807, 2.05) is 14.2 Å². The van der Waals surface area contributed by atoms with Gasteiger partial charge in [-0.25, -0.2) is 0 Å². The second-order valence-corrected chi connectivity index (χ2v) is 11.5. The van der Waals surface area contributed by atoms with E-state index >= 15 is 0 Å². The van der Waals surface area contributed by atoms with Crippen LogP contribution in [0.15, 0.2) is 0 Å². The molecule has 1 spiro atoms. The molecule has 12 atom stereocenters. The molecule has 1 aliphatic heterocycles. The number of nitrogens with zero attached hydrogens (tertiary/aromatic N) is 1. The minimum Gasteiger partial charge on any atom is -0.392 e. The lowest BCUT2D eigenvalue weighted by atomic mass is 9.43. The molecule has 1 unspecified atom stereocenters. The molecule has 0 amide bonds. The number of rotatable bonds is 5. The van der Waals surface area contributed by atoms with E-state index in [0.717, 1.165) is 45.4 Å². The van der Waals surface area contributed by atoms with Crippen LogP contribution in [-0.4, -0.2) is 86.1 Å². The average Bonchev–Trinajstić information content (AvgIpc) is 3.15. The van der Waals surface area contributed by atoms with E-state index in [2.05, 4.69) is 11.8 Å². The molecule has 0 aromatic rings. The Morgan fingerprint density at radius 2 is 1.90 bits per heavy atom. The predicted molar refractivity (Wildman–Crippen MR) is 111 cm³/mol. The molecule has 5 saturated carbocycles. The first-order chi connectivity index (χ1) is 14.4. The van der Waals surface area contributed by atoms with Gasteiger partial charge < -0.3 is 24.4 Å². The first-order valence-corrected chi connectivity index (χ1v) is 12.1. The van der Waals surface area contributed by atoms with Gasteiger partial charge in [-0.2, -0.15) is 0 Å². The number of fused-ring (bicyclic) bond motifs is 2. The van der Waals surface area contributed by atoms with Crippen molar-refractivity contribution in [3.63, 3.8) is 0 Å². The number of aliphatic hydroxyl groups is 2. The van der Waals surface area contributed by atoms with E-state index in [4.69, 9.17) is 14.2 Å². The van der Waals surface area contributed by atoms with E-state index in [0.29, 0.717) is 18.4 Å². The van der Waals surface area contributed by atoms with Crippen molar-refractivity contribution >= 4 is 0 Å². The van der Waals surface area contributed by atoms with Crippen LogP contribution in [-0.2, 0) is 14.2 Å². The van der Waals surface area contributed by atoms with Crippen molar-refractivity contribution in [2.75, 3.05) is 41.0 Å². The number of aliphatic hydroxyl groups excluding tert-OH is 1. The fraction of sp³-hybridized carbons (Fsp3) is 1.00. The van der Waals surface area contributed by atoms with E-state index in [-0.39, 0.29) is 46.7 Å². The summed E-state index contributed by atoms with van der Waals surface area (Å²) < 4.78 is 18.0. The Morgan fingerprint density at radius 1 is 1.10 bits per heavy atom. The Bertz CT molecular complexity index is 720. The summed E-state index contributed by atoms with van der Waals surface area (Å²) in [5.74, 6) is 1.03. The van der Waals surface area contributed by atoms with Crippen molar-refractivity contribution in [2.45, 2.75) is 69.0 Å². The molecule has 6 heteroatoms. The Labute approximate surface area is 180 Å². The van der Waals surface area contributed by atoms with Gasteiger partial charge in [0.2, 0.25) is 0 Å². The zero-order chi connectivity index (χ0) is 21.1. The highest BCUT2D eigenvalue weighted by Crippen LogP contribution is 2.79. The van der Waals surface area contributed by atoms with Gasteiger partial charge in [0.25, 0.3) is 0 Å². The largest absolute Gasteiger partial charge is 0.392 e. The highest BCUT2D eigenvalue weighted by molar-refractivity contribution is 5.33. The van der Waals surface area contributed by atoms with Gasteiger partial charge in [0, 0.05) is 68.9 Å². The van der Waals surface area contributed by atoms with Crippen LogP contribution in [0.4, 0.5) is 0 Å². The van der Waals surface area contributed by atoms with Crippen molar-refractivity contribution in [1.82, 2.24) is 4.90 Å². The van der Waals surface area contributed by atoms with Crippen LogP contribution in [0.25, 0.3) is 0 Å². The summed E-state index contributed by atoms with van der Waals surface area (Å²) in [5.41, 5.74) is -0.719. The molecule has 170 valence electrons. The summed E-state index contributed by atoms with van der Waals surface area (Å²) in [7, 11) is 5.48. The van der Waals surface area contributed by atoms with Gasteiger partial charge in [-0.15, -0.1) is 0 Å². The van der Waals surface area contributed by atoms with E-state index in [1.54, 1.807) is 7.11 Å². The Morgan fingerprint density at radius 3 is 2.57 bits per heavy atom. The zero-order valence-corrected chi connectivity index (χ0v) is 18.9. The summed E-state index contributed by atoms with van der Waals surface area (Å²) in [6.07, 6.45) is 4.52. The van der Waals surface area contributed by atoms with Crippen LogP contribution in [0.5, 0.6) is 0 Å². The van der Waals surface area contributed by atoms with E-state index < -0.39 is 11.7 Å². The lowest BCUT2D eigenvalue weighted by molar-refractivity contribution is -0.276. The molecule has 6 nitrogen and oxygen atoms in total. The lowest BCUT2D eigenvalue weighted by Crippen LogP contribution is -2.76. The molecule has 5 aliphatic carbocycles. The normalized spacial score (nSPS) is 60.8. The second kappa shape index (κ2) is 6.42. The molecule has 0 radical (unpaired) electrons. The molecule has 6 aliphatic rings. The maximum Gasteiger partial charge on any atom is 0.0771 e. The Hall–Kier alpha value is -0.240. The molecule has 30 heavy (non-hydrogen) atoms. The van der Waals surface area contributed by atoms with Crippen LogP contribution >= 0.6 is 0 Å². The molecule has 6 rings (SSSR count). The van der Waals surface area contributed by atoms with Gasteiger partial charge in [0.15, 0.2) is 0 Å². The molecular formula is C24H39NO5. The zero-order valence-electron chi connectivity index (χ0n) is 18.9. The molecule has 1 heterocycles. The SMILES string of the molecule is CCN1C[C@]2(COC)CC[C@H](OC)[C@]34C1[C@H](C[C@H]23)[C@@]1(O)C[C@H](OC)[C@H]2C[C@@H]4[C@@H]1[C@H]2O. The van der Waals surface area contributed by atoms with Gasteiger partial charge in [0.1, 0.15) is 0 Å². The molecule has 6 fully saturated rings. The van der Waals surface area contributed by atoms with E-state index in [1.165, 1.54) is 0 Å². The number of hydrogen-bond donors (Lipinski definition) is 2. The summed E-state index contributed by atoms with van der Waals surface area (Å²) in [6, 6.07) is 0.329. The molecule has 0 aromatic carbocycles. The number of ether oxygens (including phenoxy) is 3. The van der Waals surface area contributed by atoms with Gasteiger partial charge in [0.05, 0.1) is 30.5 Å². The fourth-order valence-electron chi connectivity index (χ4n) is 10.7. The van der Waals surface area contributed by atoms with Crippen molar-refractivity contribution in [1.29, 1.82) is 0 Å². The Balaban J connectivity index is 1.58. The minimum absolute atomic E-state index is 0.000283. The summed E-state index contributed by atoms with van der Waals surface area (Å²) >= 11 is 0. The third-order valence-electron chi connectivity index (χ3n) is 11.2. The Kier molecular flexibility index (Phi) is 4.36. The number of likely N-dealkylation sites (tertiary alicyclic amines) is 1. The quantitative estimate of drug-likeness (QED) is 0.702. The first kappa shape index (κ1) is 20.4. The topological polar surface area (TPSA) is 71.4 Å². The number of methoxy groups -OCH3 is 3. The summed E-state index contributed by atoms with van der Waals surface area (Å²) in [4.78, 5) is 2.67. The highest BCUT2D eigenvalue weighted by Gasteiger charge is 2.83. The lowest BCUT2D eigenvalue weighted by Gasteiger charge is -2.69. The highest BCUT2D eigenvalue weighted by atomic mass is 16.5. The third-order valence-corrected chi connectivity index (χ3v) is 11.2. The van der Waals surface area contributed by atoms with Crippen molar-refractivity contribution in [3.05, 3.63) is 0 Å². The number of piperidine rings is 1. The monoisotopic (exact) mass is 421 g/mol. The summed E-state index contributed by atoms with van der Waals surface area (Å²) in [5, 5.41) is 23.8. The maximum absolute atomic E-state index is 12.4. The van der Waals surface area contributed by atoms with Gasteiger partial charge in [-0.05, 0) is 44.1 Å². The standard InChI is InChI=1S/C24H39NO5/c1-5-25-11-22(12-28-2)7-6-18(30-4)24-14-8-13-16(29-3)10-23(27,19(14)20(13)26)15(21(24)25)9-17(22)24/h13-21,26-27H,5-12H2,1-4H3/t13-,14-,15+,16+,17-,18+,19-,20+,21?,22+,23+,24-/m1/s1. The molecular weight excluding hydrogens is 382 g/mol. The second-order valence-electron chi connectivity index (χ2n) is 11.5. The van der Waals surface area contributed by atoms with E-state index in [9.17, 15) is 10.2 Å². The van der Waals surface area contributed by atoms with Crippen LogP contribution in [0.2, 0.25) is 0 Å².